The number of carbonyl (C=O) groups is 2. The third kappa shape index (κ3) is 4.64. The van der Waals surface area contributed by atoms with Crippen molar-refractivity contribution >= 4 is 12.6 Å². The van der Waals surface area contributed by atoms with Crippen LogP contribution >= 0.6 is 0 Å². The fourth-order valence-corrected chi connectivity index (χ4v) is 0.858. The summed E-state index contributed by atoms with van der Waals surface area (Å²) in [6, 6.07) is -0.311. The number of aldehydes is 2. The molecule has 14 heavy (non-hydrogen) atoms. The quantitative estimate of drug-likeness (QED) is 0.608. The summed E-state index contributed by atoms with van der Waals surface area (Å²) in [4.78, 5) is 20.8. The van der Waals surface area contributed by atoms with Crippen molar-refractivity contribution in [3.8, 4) is 0 Å². The molecule has 0 heterocycles. The second-order valence-electron chi connectivity index (χ2n) is 4.15. The van der Waals surface area contributed by atoms with E-state index in [0.29, 0.717) is 5.82 Å². The third-order valence-electron chi connectivity index (χ3n) is 1.80. The highest BCUT2D eigenvalue weighted by atomic mass is 16.1. The number of rotatable bonds is 6. The van der Waals surface area contributed by atoms with Crippen molar-refractivity contribution in [2.75, 3.05) is 6.54 Å². The van der Waals surface area contributed by atoms with Gasteiger partial charge in [0.1, 0.15) is 12.6 Å². The lowest BCUT2D eigenvalue weighted by Crippen LogP contribution is -2.44. The van der Waals surface area contributed by atoms with E-state index in [2.05, 4.69) is 17.2 Å². The monoisotopic (exact) mass is 198 g/mol. The number of hydrogen-bond acceptors (Lipinski definition) is 4. The van der Waals surface area contributed by atoms with Gasteiger partial charge in [-0.2, -0.15) is 0 Å². The predicted molar refractivity (Wildman–Crippen MR) is 55.6 cm³/mol. The van der Waals surface area contributed by atoms with Crippen LogP contribution in [-0.4, -0.2) is 25.2 Å². The van der Waals surface area contributed by atoms with Crippen LogP contribution in [-0.2, 0) is 9.59 Å². The Labute approximate surface area is 84.8 Å². The van der Waals surface area contributed by atoms with Crippen molar-refractivity contribution in [2.45, 2.75) is 26.8 Å². The lowest BCUT2D eigenvalue weighted by atomic mass is 9.88. The number of carbonyl (C=O) groups excluding carboxylic acids is 2. The molecule has 0 fully saturated rings. The molecule has 0 saturated heterocycles. The van der Waals surface area contributed by atoms with Crippen LogP contribution in [0.5, 0.6) is 0 Å². The lowest BCUT2D eigenvalue weighted by Gasteiger charge is -2.28. The fraction of sp³-hybridized carbons (Fsp3) is 0.600. The van der Waals surface area contributed by atoms with Gasteiger partial charge < -0.3 is 20.2 Å². The van der Waals surface area contributed by atoms with Gasteiger partial charge >= 0.3 is 0 Å². The first-order chi connectivity index (χ1) is 6.41. The van der Waals surface area contributed by atoms with Gasteiger partial charge in [0, 0.05) is 0 Å². The highest BCUT2D eigenvalue weighted by molar-refractivity contribution is 5.59. The van der Waals surface area contributed by atoms with Crippen molar-refractivity contribution in [1.82, 2.24) is 10.6 Å². The third-order valence-corrected chi connectivity index (χ3v) is 1.80. The SMILES string of the molecule is C=C(NCC=O)NC(C=O)C(C)(C)C. The van der Waals surface area contributed by atoms with Crippen LogP contribution in [0.3, 0.4) is 0 Å². The first-order valence-electron chi connectivity index (χ1n) is 4.50. The Morgan fingerprint density at radius 3 is 2.36 bits per heavy atom. The van der Waals surface area contributed by atoms with Gasteiger partial charge in [-0.25, -0.2) is 0 Å². The average molecular weight is 198 g/mol. The minimum atomic E-state index is -0.311. The van der Waals surface area contributed by atoms with E-state index in [0.717, 1.165) is 12.6 Å². The van der Waals surface area contributed by atoms with E-state index < -0.39 is 0 Å². The van der Waals surface area contributed by atoms with Gasteiger partial charge in [0.25, 0.3) is 0 Å². The van der Waals surface area contributed by atoms with Gasteiger partial charge in [0.05, 0.1) is 18.4 Å². The van der Waals surface area contributed by atoms with Crippen molar-refractivity contribution in [2.24, 2.45) is 5.41 Å². The first-order valence-corrected chi connectivity index (χ1v) is 4.50. The second-order valence-corrected chi connectivity index (χ2v) is 4.15. The summed E-state index contributed by atoms with van der Waals surface area (Å²) in [6.07, 6.45) is 1.58. The van der Waals surface area contributed by atoms with E-state index in [1.165, 1.54) is 0 Å². The van der Waals surface area contributed by atoms with Crippen molar-refractivity contribution in [3.05, 3.63) is 12.4 Å². The van der Waals surface area contributed by atoms with Crippen molar-refractivity contribution < 1.29 is 9.59 Å². The predicted octanol–water partition coefficient (Wildman–Crippen LogP) is 0.449. The highest BCUT2D eigenvalue weighted by Gasteiger charge is 2.23. The Morgan fingerprint density at radius 2 is 2.00 bits per heavy atom. The van der Waals surface area contributed by atoms with Gasteiger partial charge in [0.15, 0.2) is 0 Å². The van der Waals surface area contributed by atoms with E-state index in [9.17, 15) is 9.59 Å². The molecule has 0 aromatic heterocycles. The minimum absolute atomic E-state index is 0.173. The molecular formula is C10H18N2O2. The van der Waals surface area contributed by atoms with E-state index >= 15 is 0 Å². The maximum atomic E-state index is 10.8. The van der Waals surface area contributed by atoms with Gasteiger partial charge in [0.2, 0.25) is 0 Å². The molecule has 1 atom stereocenters. The Balaban J connectivity index is 4.12. The summed E-state index contributed by atoms with van der Waals surface area (Å²) in [6.45, 7) is 9.70. The van der Waals surface area contributed by atoms with Crippen molar-refractivity contribution in [1.29, 1.82) is 0 Å². The molecule has 0 aromatic rings. The molecule has 0 aromatic carbocycles. The summed E-state index contributed by atoms with van der Waals surface area (Å²) in [5.41, 5.74) is -0.173. The molecule has 0 aliphatic heterocycles. The Morgan fingerprint density at radius 1 is 1.43 bits per heavy atom. The molecule has 2 N–H and O–H groups in total. The summed E-state index contributed by atoms with van der Waals surface area (Å²) in [5, 5.41) is 5.65. The van der Waals surface area contributed by atoms with Gasteiger partial charge in [-0.1, -0.05) is 27.4 Å². The van der Waals surface area contributed by atoms with Crippen molar-refractivity contribution in [3.63, 3.8) is 0 Å². The minimum Gasteiger partial charge on any atom is -0.366 e. The first kappa shape index (κ1) is 12.7. The normalized spacial score (nSPS) is 12.8. The molecule has 0 radical (unpaired) electrons. The molecule has 0 saturated carbocycles. The van der Waals surface area contributed by atoms with E-state index in [4.69, 9.17) is 0 Å². The zero-order valence-electron chi connectivity index (χ0n) is 8.96. The Bertz CT molecular complexity index is 219. The zero-order valence-corrected chi connectivity index (χ0v) is 8.96. The van der Waals surface area contributed by atoms with Crippen LogP contribution in [0.1, 0.15) is 20.8 Å². The molecule has 4 nitrogen and oxygen atoms in total. The summed E-state index contributed by atoms with van der Waals surface area (Å²) < 4.78 is 0. The lowest BCUT2D eigenvalue weighted by molar-refractivity contribution is -0.111. The molecule has 1 unspecified atom stereocenters. The zero-order chi connectivity index (χ0) is 11.2. The molecule has 4 heteroatoms. The topological polar surface area (TPSA) is 58.2 Å². The van der Waals surface area contributed by atoms with Crippen LogP contribution in [0, 0.1) is 5.41 Å². The second kappa shape index (κ2) is 5.42. The molecule has 0 rings (SSSR count). The molecule has 0 bridgehead atoms. The molecule has 80 valence electrons. The van der Waals surface area contributed by atoms with E-state index in [1.54, 1.807) is 0 Å². The van der Waals surface area contributed by atoms with Gasteiger partial charge in [-0.3, -0.25) is 0 Å². The summed E-state index contributed by atoms with van der Waals surface area (Å²) >= 11 is 0. The van der Waals surface area contributed by atoms with Crippen LogP contribution in [0.25, 0.3) is 0 Å². The maximum Gasteiger partial charge on any atom is 0.142 e. The molecule has 0 spiro atoms. The standard InChI is InChI=1S/C10H18N2O2/c1-8(11-5-6-13)12-9(7-14)10(2,3)4/h6-7,9,11-12H,1,5H2,2-4H3. The Kier molecular flexibility index (Phi) is 4.91. The smallest absolute Gasteiger partial charge is 0.142 e. The molecule has 0 amide bonds. The number of hydrogen-bond donors (Lipinski definition) is 2. The van der Waals surface area contributed by atoms with Crippen LogP contribution in [0.15, 0.2) is 12.4 Å². The summed E-state index contributed by atoms with van der Waals surface area (Å²) in [7, 11) is 0. The number of nitrogens with one attached hydrogen (secondary N) is 2. The summed E-state index contributed by atoms with van der Waals surface area (Å²) in [5.74, 6) is 0.490. The molecule has 0 aliphatic carbocycles. The fourth-order valence-electron chi connectivity index (χ4n) is 0.858. The van der Waals surface area contributed by atoms with Gasteiger partial charge in [-0.05, 0) is 5.41 Å². The van der Waals surface area contributed by atoms with Crippen LogP contribution in [0.2, 0.25) is 0 Å². The van der Waals surface area contributed by atoms with Crippen LogP contribution in [0.4, 0.5) is 0 Å². The largest absolute Gasteiger partial charge is 0.366 e. The Hall–Kier alpha value is -1.32. The average Bonchev–Trinajstić information content (AvgIpc) is 2.08. The van der Waals surface area contributed by atoms with E-state index in [1.807, 2.05) is 20.8 Å². The molecular weight excluding hydrogens is 180 g/mol. The van der Waals surface area contributed by atoms with Crippen LogP contribution < -0.4 is 10.6 Å². The molecule has 0 aliphatic rings. The maximum absolute atomic E-state index is 10.8. The highest BCUT2D eigenvalue weighted by Crippen LogP contribution is 2.17. The van der Waals surface area contributed by atoms with Gasteiger partial charge in [-0.15, -0.1) is 0 Å². The van der Waals surface area contributed by atoms with E-state index in [-0.39, 0.29) is 18.0 Å².